The maximum atomic E-state index is 5.79. The summed E-state index contributed by atoms with van der Waals surface area (Å²) < 4.78 is 5.79. The predicted molar refractivity (Wildman–Crippen MR) is 77.7 cm³/mol. The Balaban J connectivity index is 1.83. The molecule has 1 aromatic heterocycles. The number of nitrogens with two attached hydrogens (primary N) is 1. The minimum absolute atomic E-state index is 0.452. The van der Waals surface area contributed by atoms with Gasteiger partial charge in [0.1, 0.15) is 17.4 Å². The number of aryl methyl sites for hydroxylation is 1. The van der Waals surface area contributed by atoms with E-state index in [1.807, 2.05) is 12.1 Å². The summed E-state index contributed by atoms with van der Waals surface area (Å²) >= 11 is 0. The molecule has 0 spiro atoms. The van der Waals surface area contributed by atoms with Crippen LogP contribution in [0.1, 0.15) is 37.1 Å². The first kappa shape index (κ1) is 12.9. The quantitative estimate of drug-likeness (QED) is 0.645. The molecule has 0 amide bonds. The molecule has 20 heavy (non-hydrogen) atoms. The van der Waals surface area contributed by atoms with Crippen molar-refractivity contribution in [2.45, 2.75) is 32.1 Å². The van der Waals surface area contributed by atoms with Crippen LogP contribution in [0.2, 0.25) is 0 Å². The van der Waals surface area contributed by atoms with E-state index in [9.17, 15) is 0 Å². The first-order valence-electron chi connectivity index (χ1n) is 6.91. The predicted octanol–water partition coefficient (Wildman–Crippen LogP) is 2.99. The van der Waals surface area contributed by atoms with Gasteiger partial charge in [0.15, 0.2) is 0 Å². The molecule has 2 aromatic rings. The molecule has 5 heteroatoms. The van der Waals surface area contributed by atoms with E-state index in [0.717, 1.165) is 30.8 Å². The lowest BCUT2D eigenvalue weighted by Crippen LogP contribution is -2.10. The molecule has 0 aliphatic heterocycles. The molecule has 3 rings (SSSR count). The molecule has 1 heterocycles. The second-order valence-electron chi connectivity index (χ2n) is 4.97. The second kappa shape index (κ2) is 5.46. The van der Waals surface area contributed by atoms with Crippen LogP contribution in [0.25, 0.3) is 0 Å². The van der Waals surface area contributed by atoms with Crippen molar-refractivity contribution in [2.24, 2.45) is 5.84 Å². The lowest BCUT2D eigenvalue weighted by molar-refractivity contribution is 0.459. The summed E-state index contributed by atoms with van der Waals surface area (Å²) in [5.74, 6) is 8.58. The van der Waals surface area contributed by atoms with Gasteiger partial charge in [-0.25, -0.2) is 10.8 Å². The number of anilines is 1. The monoisotopic (exact) mass is 270 g/mol. The normalized spacial score (nSPS) is 14.1. The third-order valence-electron chi connectivity index (χ3n) is 3.36. The van der Waals surface area contributed by atoms with Gasteiger partial charge in [0.05, 0.1) is 0 Å². The van der Waals surface area contributed by atoms with Gasteiger partial charge >= 0.3 is 0 Å². The zero-order chi connectivity index (χ0) is 13.9. The Bertz CT molecular complexity index is 593. The molecule has 0 saturated heterocycles. The van der Waals surface area contributed by atoms with Crippen molar-refractivity contribution < 1.29 is 4.74 Å². The van der Waals surface area contributed by atoms with Crippen LogP contribution in [0.5, 0.6) is 11.6 Å². The molecule has 5 nitrogen and oxygen atoms in total. The average Bonchev–Trinajstić information content (AvgIpc) is 3.32. The van der Waals surface area contributed by atoms with Gasteiger partial charge in [0.25, 0.3) is 0 Å². The number of aromatic nitrogens is 2. The lowest BCUT2D eigenvalue weighted by Gasteiger charge is -2.09. The zero-order valence-electron chi connectivity index (χ0n) is 11.5. The molecule has 104 valence electrons. The van der Waals surface area contributed by atoms with Crippen LogP contribution in [0.4, 0.5) is 5.82 Å². The van der Waals surface area contributed by atoms with Crippen LogP contribution in [0.15, 0.2) is 30.3 Å². The van der Waals surface area contributed by atoms with E-state index >= 15 is 0 Å². The molecule has 1 aliphatic carbocycles. The van der Waals surface area contributed by atoms with Crippen molar-refractivity contribution in [3.8, 4) is 11.6 Å². The van der Waals surface area contributed by atoms with Gasteiger partial charge in [0, 0.05) is 12.0 Å². The highest BCUT2D eigenvalue weighted by Crippen LogP contribution is 2.39. The number of benzene rings is 1. The van der Waals surface area contributed by atoms with Crippen LogP contribution < -0.4 is 16.0 Å². The number of nitrogens with one attached hydrogen (secondary N) is 1. The Morgan fingerprint density at radius 2 is 2.00 bits per heavy atom. The molecular formula is C15H18N4O. The smallest absolute Gasteiger partial charge is 0.224 e. The van der Waals surface area contributed by atoms with Crippen molar-refractivity contribution in [3.63, 3.8) is 0 Å². The molecular weight excluding hydrogens is 252 g/mol. The van der Waals surface area contributed by atoms with E-state index in [1.165, 1.54) is 5.56 Å². The molecule has 0 radical (unpaired) electrons. The molecule has 1 fully saturated rings. The average molecular weight is 270 g/mol. The van der Waals surface area contributed by atoms with Gasteiger partial charge in [-0.3, -0.25) is 0 Å². The van der Waals surface area contributed by atoms with Crippen molar-refractivity contribution in [1.82, 2.24) is 9.97 Å². The van der Waals surface area contributed by atoms with Crippen molar-refractivity contribution in [3.05, 3.63) is 41.7 Å². The van der Waals surface area contributed by atoms with Crippen molar-refractivity contribution in [1.29, 1.82) is 0 Å². The maximum absolute atomic E-state index is 5.79. The molecule has 1 saturated carbocycles. The Morgan fingerprint density at radius 1 is 1.25 bits per heavy atom. The van der Waals surface area contributed by atoms with Crippen LogP contribution in [-0.2, 0) is 6.42 Å². The Hall–Kier alpha value is -2.14. The number of nitrogens with zero attached hydrogens (tertiary/aromatic N) is 2. The van der Waals surface area contributed by atoms with E-state index in [1.54, 1.807) is 6.07 Å². The molecule has 0 atom stereocenters. The van der Waals surface area contributed by atoms with E-state index in [-0.39, 0.29) is 0 Å². The van der Waals surface area contributed by atoms with Crippen LogP contribution in [0.3, 0.4) is 0 Å². The summed E-state index contributed by atoms with van der Waals surface area (Å²) in [5, 5.41) is 0. The SMILES string of the molecule is CCc1ccc(Oc2cc(NN)nc(C3CC3)n2)cc1. The van der Waals surface area contributed by atoms with Crippen molar-refractivity contribution in [2.75, 3.05) is 5.43 Å². The Labute approximate surface area is 118 Å². The van der Waals surface area contributed by atoms with Gasteiger partial charge in [-0.05, 0) is 37.0 Å². The molecule has 0 bridgehead atoms. The minimum Gasteiger partial charge on any atom is -0.439 e. The maximum Gasteiger partial charge on any atom is 0.224 e. The first-order valence-corrected chi connectivity index (χ1v) is 6.91. The van der Waals surface area contributed by atoms with Crippen LogP contribution in [-0.4, -0.2) is 9.97 Å². The largest absolute Gasteiger partial charge is 0.439 e. The van der Waals surface area contributed by atoms with Crippen molar-refractivity contribution >= 4 is 5.82 Å². The second-order valence-corrected chi connectivity index (χ2v) is 4.97. The molecule has 1 aromatic carbocycles. The summed E-state index contributed by atoms with van der Waals surface area (Å²) in [5.41, 5.74) is 3.84. The highest BCUT2D eigenvalue weighted by molar-refractivity contribution is 5.40. The van der Waals surface area contributed by atoms with Gasteiger partial charge in [-0.15, -0.1) is 0 Å². The Kier molecular flexibility index (Phi) is 3.52. The molecule has 3 N–H and O–H groups in total. The fourth-order valence-electron chi connectivity index (χ4n) is 2.01. The number of nitrogen functional groups attached to an aromatic ring is 1. The number of hydrogen-bond acceptors (Lipinski definition) is 5. The fraction of sp³-hybridized carbons (Fsp3) is 0.333. The standard InChI is InChI=1S/C15H18N4O/c1-2-10-3-7-12(8-4-10)20-14-9-13(19-16)17-15(18-14)11-5-6-11/h3-4,7-9,11H,2,5-6,16H2,1H3,(H,17,18,19). The van der Waals surface area contributed by atoms with Gasteiger partial charge in [0.2, 0.25) is 5.88 Å². The molecule has 0 unspecified atom stereocenters. The van der Waals surface area contributed by atoms with Crippen LogP contribution in [0, 0.1) is 0 Å². The van der Waals surface area contributed by atoms with E-state index in [4.69, 9.17) is 10.6 Å². The van der Waals surface area contributed by atoms with Gasteiger partial charge < -0.3 is 10.2 Å². The number of hydrogen-bond donors (Lipinski definition) is 2. The summed E-state index contributed by atoms with van der Waals surface area (Å²) in [6.07, 6.45) is 3.29. The summed E-state index contributed by atoms with van der Waals surface area (Å²) in [6.45, 7) is 2.13. The summed E-state index contributed by atoms with van der Waals surface area (Å²) in [6, 6.07) is 9.72. The minimum atomic E-state index is 0.452. The van der Waals surface area contributed by atoms with E-state index in [0.29, 0.717) is 17.6 Å². The first-order chi connectivity index (χ1) is 9.78. The summed E-state index contributed by atoms with van der Waals surface area (Å²) in [7, 11) is 0. The van der Waals surface area contributed by atoms with Crippen LogP contribution >= 0.6 is 0 Å². The number of ether oxygens (including phenoxy) is 1. The highest BCUT2D eigenvalue weighted by Gasteiger charge is 2.27. The third-order valence-corrected chi connectivity index (χ3v) is 3.36. The third kappa shape index (κ3) is 2.88. The zero-order valence-corrected chi connectivity index (χ0v) is 11.5. The van der Waals surface area contributed by atoms with Gasteiger partial charge in [-0.1, -0.05) is 19.1 Å². The van der Waals surface area contributed by atoms with E-state index in [2.05, 4.69) is 34.5 Å². The lowest BCUT2D eigenvalue weighted by atomic mass is 10.2. The molecule has 1 aliphatic rings. The number of rotatable bonds is 5. The van der Waals surface area contributed by atoms with E-state index < -0.39 is 0 Å². The van der Waals surface area contributed by atoms with Gasteiger partial charge in [-0.2, -0.15) is 4.98 Å². The number of hydrazine groups is 1. The Morgan fingerprint density at radius 3 is 2.60 bits per heavy atom. The highest BCUT2D eigenvalue weighted by atomic mass is 16.5. The summed E-state index contributed by atoms with van der Waals surface area (Å²) in [4.78, 5) is 8.81. The topological polar surface area (TPSA) is 73.1 Å². The fourth-order valence-corrected chi connectivity index (χ4v) is 2.01.